The maximum Gasteiger partial charge on any atom is 0.253 e. The highest BCUT2D eigenvalue weighted by molar-refractivity contribution is 9.10. The molecule has 1 aromatic rings. The second kappa shape index (κ2) is 7.45. The van der Waals surface area contributed by atoms with Crippen molar-refractivity contribution in [2.24, 2.45) is 0 Å². The molecule has 0 radical (unpaired) electrons. The highest BCUT2D eigenvalue weighted by atomic mass is 79.9. The van der Waals surface area contributed by atoms with Gasteiger partial charge in [-0.05, 0) is 17.7 Å². The number of hydrogen-bond donors (Lipinski definition) is 0. The second-order valence-electron chi connectivity index (χ2n) is 6.40. The highest BCUT2D eigenvalue weighted by Crippen LogP contribution is 2.28. The third-order valence-corrected chi connectivity index (χ3v) is 5.08. The van der Waals surface area contributed by atoms with Crippen molar-refractivity contribution in [2.75, 3.05) is 32.8 Å². The molecular weight excluding hydrogens is 382 g/mol. The first-order valence-electron chi connectivity index (χ1n) is 8.18. The Hall–Kier alpha value is -1.05. The second-order valence-corrected chi connectivity index (χ2v) is 7.32. The standard InChI is InChI=1S/C17H21BrF2N2O2/c18-14-3-1-13(2-4-14)11-21-9-10-24-15(12-21)16(23)22-7-5-17(19,20)6-8-22/h1-4,15H,5-12H2. The summed E-state index contributed by atoms with van der Waals surface area (Å²) in [4.78, 5) is 16.2. The quantitative estimate of drug-likeness (QED) is 0.778. The van der Waals surface area contributed by atoms with Gasteiger partial charge < -0.3 is 9.64 Å². The van der Waals surface area contributed by atoms with E-state index in [1.54, 1.807) is 0 Å². The SMILES string of the molecule is O=C(C1CN(Cc2ccc(Br)cc2)CCO1)N1CCC(F)(F)CC1. The molecule has 1 unspecified atom stereocenters. The first kappa shape index (κ1) is 17.8. The number of benzene rings is 1. The minimum atomic E-state index is -2.64. The molecule has 0 spiro atoms. The van der Waals surface area contributed by atoms with Crippen LogP contribution < -0.4 is 0 Å². The molecule has 2 aliphatic rings. The minimum Gasteiger partial charge on any atom is -0.366 e. The Morgan fingerprint density at radius 2 is 1.88 bits per heavy atom. The molecule has 7 heteroatoms. The van der Waals surface area contributed by atoms with E-state index in [2.05, 4.69) is 20.8 Å². The summed E-state index contributed by atoms with van der Waals surface area (Å²) < 4.78 is 33.1. The van der Waals surface area contributed by atoms with Crippen LogP contribution in [0.3, 0.4) is 0 Å². The Bertz CT molecular complexity index is 572. The maximum absolute atomic E-state index is 13.2. The van der Waals surface area contributed by atoms with Crippen LogP contribution in [0.2, 0.25) is 0 Å². The number of hydrogen-bond acceptors (Lipinski definition) is 3. The van der Waals surface area contributed by atoms with Crippen LogP contribution in [-0.2, 0) is 16.1 Å². The van der Waals surface area contributed by atoms with Gasteiger partial charge in [0.15, 0.2) is 0 Å². The fourth-order valence-corrected chi connectivity index (χ4v) is 3.37. The fraction of sp³-hybridized carbons (Fsp3) is 0.588. The Morgan fingerprint density at radius 3 is 2.54 bits per heavy atom. The van der Waals surface area contributed by atoms with Crippen LogP contribution in [0.15, 0.2) is 28.7 Å². The summed E-state index contributed by atoms with van der Waals surface area (Å²) in [5, 5.41) is 0. The van der Waals surface area contributed by atoms with Gasteiger partial charge in [0.25, 0.3) is 11.8 Å². The molecular formula is C17H21BrF2N2O2. The number of piperidine rings is 1. The van der Waals surface area contributed by atoms with Crippen molar-refractivity contribution in [2.45, 2.75) is 31.4 Å². The van der Waals surface area contributed by atoms with Crippen LogP contribution >= 0.6 is 15.9 Å². The van der Waals surface area contributed by atoms with Crippen molar-refractivity contribution in [3.8, 4) is 0 Å². The number of rotatable bonds is 3. The molecule has 132 valence electrons. The molecule has 24 heavy (non-hydrogen) atoms. The molecule has 1 atom stereocenters. The van der Waals surface area contributed by atoms with E-state index < -0.39 is 12.0 Å². The average Bonchev–Trinajstić information content (AvgIpc) is 2.57. The molecule has 0 bridgehead atoms. The van der Waals surface area contributed by atoms with E-state index in [1.165, 1.54) is 10.5 Å². The van der Waals surface area contributed by atoms with Crippen LogP contribution in [0, 0.1) is 0 Å². The Balaban J connectivity index is 1.55. The summed E-state index contributed by atoms with van der Waals surface area (Å²) in [7, 11) is 0. The van der Waals surface area contributed by atoms with Gasteiger partial charge in [0.05, 0.1) is 6.61 Å². The largest absolute Gasteiger partial charge is 0.366 e. The lowest BCUT2D eigenvalue weighted by molar-refractivity contribution is -0.155. The molecule has 0 saturated carbocycles. The molecule has 2 heterocycles. The van der Waals surface area contributed by atoms with Crippen molar-refractivity contribution in [3.63, 3.8) is 0 Å². The number of ether oxygens (including phenoxy) is 1. The van der Waals surface area contributed by atoms with Crippen LogP contribution in [0.25, 0.3) is 0 Å². The Kier molecular flexibility index (Phi) is 5.52. The number of morpholine rings is 1. The zero-order valence-electron chi connectivity index (χ0n) is 13.4. The first-order valence-corrected chi connectivity index (χ1v) is 8.97. The van der Waals surface area contributed by atoms with Gasteiger partial charge >= 0.3 is 0 Å². The van der Waals surface area contributed by atoms with Crippen LogP contribution in [0.1, 0.15) is 18.4 Å². The smallest absolute Gasteiger partial charge is 0.253 e. The molecule has 0 aromatic heterocycles. The van der Waals surface area contributed by atoms with Gasteiger partial charge in [0.2, 0.25) is 0 Å². The third kappa shape index (κ3) is 4.52. The van der Waals surface area contributed by atoms with E-state index in [1.807, 2.05) is 24.3 Å². The number of likely N-dealkylation sites (tertiary alicyclic amines) is 1. The summed E-state index contributed by atoms with van der Waals surface area (Å²) >= 11 is 3.41. The van der Waals surface area contributed by atoms with Crippen molar-refractivity contribution in [3.05, 3.63) is 34.3 Å². The summed E-state index contributed by atoms with van der Waals surface area (Å²) in [5.41, 5.74) is 1.17. The molecule has 2 fully saturated rings. The van der Waals surface area contributed by atoms with Gasteiger partial charge in [-0.15, -0.1) is 0 Å². The molecule has 2 saturated heterocycles. The zero-order chi connectivity index (χ0) is 17.2. The van der Waals surface area contributed by atoms with Gasteiger partial charge in [0.1, 0.15) is 6.10 Å². The van der Waals surface area contributed by atoms with E-state index in [9.17, 15) is 13.6 Å². The average molecular weight is 403 g/mol. The number of nitrogens with zero attached hydrogens (tertiary/aromatic N) is 2. The molecule has 0 aliphatic carbocycles. The summed E-state index contributed by atoms with van der Waals surface area (Å²) in [6.07, 6.45) is -1.07. The lowest BCUT2D eigenvalue weighted by Gasteiger charge is -2.37. The number of amides is 1. The lowest BCUT2D eigenvalue weighted by Crippen LogP contribution is -2.53. The van der Waals surface area contributed by atoms with E-state index >= 15 is 0 Å². The molecule has 1 aromatic carbocycles. The van der Waals surface area contributed by atoms with Crippen molar-refractivity contribution in [1.29, 1.82) is 0 Å². The van der Waals surface area contributed by atoms with Crippen molar-refractivity contribution < 1.29 is 18.3 Å². The summed E-state index contributed by atoms with van der Waals surface area (Å²) in [5.74, 6) is -2.80. The number of carbonyl (C=O) groups is 1. The summed E-state index contributed by atoms with van der Waals surface area (Å²) in [6.45, 7) is 2.71. The van der Waals surface area contributed by atoms with Crippen molar-refractivity contribution >= 4 is 21.8 Å². The van der Waals surface area contributed by atoms with E-state index in [-0.39, 0.29) is 31.8 Å². The first-order chi connectivity index (χ1) is 11.4. The van der Waals surface area contributed by atoms with Crippen LogP contribution in [0.4, 0.5) is 8.78 Å². The molecule has 0 N–H and O–H groups in total. The van der Waals surface area contributed by atoms with Gasteiger partial charge in [-0.25, -0.2) is 8.78 Å². The molecule has 4 nitrogen and oxygen atoms in total. The maximum atomic E-state index is 13.2. The summed E-state index contributed by atoms with van der Waals surface area (Å²) in [6, 6.07) is 8.07. The van der Waals surface area contributed by atoms with Crippen LogP contribution in [-0.4, -0.2) is 60.5 Å². The Morgan fingerprint density at radius 1 is 1.21 bits per heavy atom. The molecule has 2 aliphatic heterocycles. The Labute approximate surface area is 148 Å². The number of alkyl halides is 2. The van der Waals surface area contributed by atoms with Gasteiger partial charge in [0, 0.05) is 50.0 Å². The topological polar surface area (TPSA) is 32.8 Å². The van der Waals surface area contributed by atoms with E-state index in [0.717, 1.165) is 17.6 Å². The normalized spacial score (nSPS) is 24.8. The van der Waals surface area contributed by atoms with Crippen LogP contribution in [0.5, 0.6) is 0 Å². The van der Waals surface area contributed by atoms with E-state index in [4.69, 9.17) is 4.74 Å². The zero-order valence-corrected chi connectivity index (χ0v) is 15.0. The monoisotopic (exact) mass is 402 g/mol. The minimum absolute atomic E-state index is 0.110. The number of halogens is 3. The molecule has 1 amide bonds. The highest BCUT2D eigenvalue weighted by Gasteiger charge is 2.38. The van der Waals surface area contributed by atoms with Gasteiger partial charge in [-0.1, -0.05) is 28.1 Å². The van der Waals surface area contributed by atoms with Crippen molar-refractivity contribution in [1.82, 2.24) is 9.80 Å². The van der Waals surface area contributed by atoms with E-state index in [0.29, 0.717) is 13.2 Å². The third-order valence-electron chi connectivity index (χ3n) is 4.55. The number of carbonyl (C=O) groups excluding carboxylic acids is 1. The molecule has 3 rings (SSSR count). The van der Waals surface area contributed by atoms with Gasteiger partial charge in [-0.2, -0.15) is 0 Å². The fourth-order valence-electron chi connectivity index (χ4n) is 3.10. The van der Waals surface area contributed by atoms with Gasteiger partial charge in [-0.3, -0.25) is 9.69 Å². The predicted octanol–water partition coefficient (Wildman–Crippen LogP) is 2.91. The predicted molar refractivity (Wildman–Crippen MR) is 89.9 cm³/mol. The lowest BCUT2D eigenvalue weighted by atomic mass is 10.1.